The maximum Gasteiger partial charge on any atom is 0.306 e. The third kappa shape index (κ3) is 5.83. The molecular formula is C24H28N2O3S. The van der Waals surface area contributed by atoms with Gasteiger partial charge < -0.3 is 15.5 Å². The molecule has 0 spiro atoms. The van der Waals surface area contributed by atoms with Crippen LogP contribution in [0, 0.1) is 5.92 Å². The van der Waals surface area contributed by atoms with Crippen molar-refractivity contribution in [2.24, 2.45) is 5.92 Å². The second kappa shape index (κ2) is 10.8. The zero-order valence-electron chi connectivity index (χ0n) is 17.2. The molecule has 30 heavy (non-hydrogen) atoms. The number of rotatable bonds is 11. The molecule has 2 heterocycles. The summed E-state index contributed by atoms with van der Waals surface area (Å²) in [5.41, 5.74) is 2.47. The van der Waals surface area contributed by atoms with E-state index in [-0.39, 0.29) is 11.7 Å². The largest absolute Gasteiger partial charge is 0.507 e. The van der Waals surface area contributed by atoms with E-state index >= 15 is 0 Å². The zero-order chi connectivity index (χ0) is 21.3. The molecule has 2 aromatic heterocycles. The molecule has 3 N–H and O–H groups in total. The summed E-state index contributed by atoms with van der Waals surface area (Å²) in [5.74, 6) is 0.0165. The summed E-state index contributed by atoms with van der Waals surface area (Å²) < 4.78 is 0. The van der Waals surface area contributed by atoms with Crippen LogP contribution in [0.3, 0.4) is 0 Å². The Hall–Kier alpha value is -2.86. The van der Waals surface area contributed by atoms with Crippen molar-refractivity contribution < 1.29 is 15.0 Å². The van der Waals surface area contributed by atoms with Crippen LogP contribution in [-0.4, -0.2) is 27.7 Å². The minimum atomic E-state index is -0.692. The van der Waals surface area contributed by atoms with Crippen molar-refractivity contribution in [3.05, 3.63) is 53.9 Å². The molecule has 0 saturated heterocycles. The van der Waals surface area contributed by atoms with Gasteiger partial charge in [-0.15, -0.1) is 11.3 Å². The number of anilines is 1. The molecule has 1 atom stereocenters. The van der Waals surface area contributed by atoms with E-state index in [0.29, 0.717) is 12.0 Å². The van der Waals surface area contributed by atoms with E-state index in [1.165, 1.54) is 0 Å². The molecule has 6 heteroatoms. The summed E-state index contributed by atoms with van der Waals surface area (Å²) in [6.07, 6.45) is 4.07. The van der Waals surface area contributed by atoms with Crippen LogP contribution in [-0.2, 0) is 4.79 Å². The Kier molecular flexibility index (Phi) is 7.85. The van der Waals surface area contributed by atoms with Crippen LogP contribution in [0.5, 0.6) is 5.75 Å². The number of nitrogens with one attached hydrogen (secondary N) is 1. The molecular weight excluding hydrogens is 396 g/mol. The molecule has 5 nitrogen and oxygen atoms in total. The number of carbonyl (C=O) groups is 1. The number of para-hydroxylation sites is 1. The molecule has 1 aromatic carbocycles. The lowest BCUT2D eigenvalue weighted by molar-refractivity contribution is -0.142. The van der Waals surface area contributed by atoms with Gasteiger partial charge in [0.1, 0.15) is 11.6 Å². The van der Waals surface area contributed by atoms with Gasteiger partial charge in [0.2, 0.25) is 0 Å². The van der Waals surface area contributed by atoms with E-state index in [0.717, 1.165) is 54.2 Å². The number of phenols is 1. The first-order chi connectivity index (χ1) is 14.6. The van der Waals surface area contributed by atoms with E-state index in [2.05, 4.69) is 11.4 Å². The highest BCUT2D eigenvalue weighted by Gasteiger charge is 2.15. The molecule has 0 unspecified atom stereocenters. The van der Waals surface area contributed by atoms with E-state index in [4.69, 9.17) is 4.98 Å². The molecule has 0 aliphatic carbocycles. The Morgan fingerprint density at radius 1 is 1.13 bits per heavy atom. The normalized spacial score (nSPS) is 11.9. The highest BCUT2D eigenvalue weighted by Crippen LogP contribution is 2.33. The first-order valence-corrected chi connectivity index (χ1v) is 11.3. The third-order valence-electron chi connectivity index (χ3n) is 5.08. The minimum Gasteiger partial charge on any atom is -0.507 e. The predicted octanol–water partition coefficient (Wildman–Crippen LogP) is 6.27. The van der Waals surface area contributed by atoms with Gasteiger partial charge in [0, 0.05) is 17.0 Å². The summed E-state index contributed by atoms with van der Waals surface area (Å²) >= 11 is 1.66. The lowest BCUT2D eigenvalue weighted by atomic mass is 9.97. The lowest BCUT2D eigenvalue weighted by Crippen LogP contribution is -2.14. The SMILES string of the molecule is CCC[C@H](CCCCNc1cc(-c2cccs2)cc(-c2ccccc2O)n1)C(=O)O. The fraction of sp³-hybridized carbons (Fsp3) is 0.333. The van der Waals surface area contributed by atoms with Crippen molar-refractivity contribution in [3.8, 4) is 27.4 Å². The van der Waals surface area contributed by atoms with Crippen LogP contribution >= 0.6 is 11.3 Å². The highest BCUT2D eigenvalue weighted by molar-refractivity contribution is 7.13. The fourth-order valence-corrected chi connectivity index (χ4v) is 4.22. The van der Waals surface area contributed by atoms with Crippen molar-refractivity contribution in [2.75, 3.05) is 11.9 Å². The van der Waals surface area contributed by atoms with Crippen LogP contribution in [0.15, 0.2) is 53.9 Å². The number of pyridine rings is 1. The molecule has 0 fully saturated rings. The standard InChI is InChI=1S/C24H28N2O3S/c1-2-8-17(24(28)29)9-5-6-13-25-23-16-18(22-12-7-14-30-22)15-20(26-23)19-10-3-4-11-21(19)27/h3-4,7,10-12,14-17,27H,2,5-6,8-9,13H2,1H3,(H,25,26)(H,28,29)/t17-/m1/s1. The topological polar surface area (TPSA) is 82.5 Å². The first-order valence-electron chi connectivity index (χ1n) is 10.4. The number of nitrogens with zero attached hydrogens (tertiary/aromatic N) is 1. The molecule has 0 aliphatic rings. The second-order valence-electron chi connectivity index (χ2n) is 7.37. The van der Waals surface area contributed by atoms with Gasteiger partial charge in [-0.2, -0.15) is 0 Å². The van der Waals surface area contributed by atoms with Crippen LogP contribution in [0.1, 0.15) is 39.0 Å². The quantitative estimate of drug-likeness (QED) is 0.316. The van der Waals surface area contributed by atoms with Gasteiger partial charge in [0.15, 0.2) is 0 Å². The predicted molar refractivity (Wildman–Crippen MR) is 123 cm³/mol. The number of unbranched alkanes of at least 4 members (excludes halogenated alkanes) is 1. The van der Waals surface area contributed by atoms with Crippen LogP contribution in [0.2, 0.25) is 0 Å². The van der Waals surface area contributed by atoms with E-state index in [9.17, 15) is 15.0 Å². The molecule has 0 radical (unpaired) electrons. The van der Waals surface area contributed by atoms with Gasteiger partial charge in [-0.3, -0.25) is 4.79 Å². The number of hydrogen-bond donors (Lipinski definition) is 3. The molecule has 0 aliphatic heterocycles. The van der Waals surface area contributed by atoms with Gasteiger partial charge >= 0.3 is 5.97 Å². The maximum atomic E-state index is 11.3. The molecule has 158 valence electrons. The summed E-state index contributed by atoms with van der Waals surface area (Å²) in [4.78, 5) is 17.1. The average molecular weight is 425 g/mol. The Bertz CT molecular complexity index is 957. The second-order valence-corrected chi connectivity index (χ2v) is 8.31. The van der Waals surface area contributed by atoms with Crippen molar-refractivity contribution in [1.82, 2.24) is 4.98 Å². The number of aliphatic carboxylic acids is 1. The number of aromatic nitrogens is 1. The van der Waals surface area contributed by atoms with Gasteiger partial charge in [-0.25, -0.2) is 4.98 Å². The Labute approximate surface area is 181 Å². The first kappa shape index (κ1) is 21.8. The average Bonchev–Trinajstić information content (AvgIpc) is 3.28. The maximum absolute atomic E-state index is 11.3. The lowest BCUT2D eigenvalue weighted by Gasteiger charge is -2.13. The number of benzene rings is 1. The number of aromatic hydroxyl groups is 1. The van der Waals surface area contributed by atoms with Crippen molar-refractivity contribution in [3.63, 3.8) is 0 Å². The van der Waals surface area contributed by atoms with E-state index in [1.54, 1.807) is 23.5 Å². The summed E-state index contributed by atoms with van der Waals surface area (Å²) in [5, 5.41) is 24.9. The number of phenolic OH excluding ortho intramolecular Hbond substituents is 1. The van der Waals surface area contributed by atoms with Crippen LogP contribution < -0.4 is 5.32 Å². The number of carboxylic acids is 1. The molecule has 0 amide bonds. The Morgan fingerprint density at radius 3 is 2.67 bits per heavy atom. The van der Waals surface area contributed by atoms with Crippen molar-refractivity contribution >= 4 is 23.1 Å². The smallest absolute Gasteiger partial charge is 0.306 e. The third-order valence-corrected chi connectivity index (χ3v) is 6.00. The monoisotopic (exact) mass is 424 g/mol. The molecule has 3 rings (SSSR count). The number of carboxylic acid groups (broad SMARTS) is 1. The highest BCUT2D eigenvalue weighted by atomic mass is 32.1. The van der Waals surface area contributed by atoms with Gasteiger partial charge in [-0.1, -0.05) is 38.0 Å². The van der Waals surface area contributed by atoms with Crippen LogP contribution in [0.4, 0.5) is 5.82 Å². The minimum absolute atomic E-state index is 0.204. The Balaban J connectivity index is 1.70. The molecule has 0 bridgehead atoms. The van der Waals surface area contributed by atoms with Crippen molar-refractivity contribution in [1.29, 1.82) is 0 Å². The van der Waals surface area contributed by atoms with Crippen LogP contribution in [0.25, 0.3) is 21.7 Å². The number of thiophene rings is 1. The zero-order valence-corrected chi connectivity index (χ0v) is 18.0. The molecule has 3 aromatic rings. The number of hydrogen-bond acceptors (Lipinski definition) is 5. The molecule has 0 saturated carbocycles. The van der Waals surface area contributed by atoms with Gasteiger partial charge in [0.05, 0.1) is 11.6 Å². The summed E-state index contributed by atoms with van der Waals surface area (Å²) in [6.45, 7) is 2.74. The van der Waals surface area contributed by atoms with Gasteiger partial charge in [-0.05, 0) is 60.5 Å². The van der Waals surface area contributed by atoms with E-state index in [1.807, 2.05) is 42.6 Å². The summed E-state index contributed by atoms with van der Waals surface area (Å²) in [6, 6.07) is 15.3. The Morgan fingerprint density at radius 2 is 1.97 bits per heavy atom. The van der Waals surface area contributed by atoms with Gasteiger partial charge in [0.25, 0.3) is 0 Å². The van der Waals surface area contributed by atoms with Crippen molar-refractivity contribution in [2.45, 2.75) is 39.0 Å². The van der Waals surface area contributed by atoms with E-state index < -0.39 is 5.97 Å². The summed E-state index contributed by atoms with van der Waals surface area (Å²) in [7, 11) is 0. The fourth-order valence-electron chi connectivity index (χ4n) is 3.51.